The van der Waals surface area contributed by atoms with Crippen LogP contribution in [0.3, 0.4) is 0 Å². The predicted molar refractivity (Wildman–Crippen MR) is 118 cm³/mol. The van der Waals surface area contributed by atoms with E-state index in [1.54, 1.807) is 17.0 Å². The van der Waals surface area contributed by atoms with Crippen LogP contribution in [0.1, 0.15) is 41.3 Å². The summed E-state index contributed by atoms with van der Waals surface area (Å²) in [6, 6.07) is 15.6. The van der Waals surface area contributed by atoms with Crippen molar-refractivity contribution in [3.63, 3.8) is 0 Å². The molecule has 2 N–H and O–H groups in total. The standard InChI is InChI=1S/C24H30N4O2/c1-18-8-11-27(12-9-18)17-20-5-2-4-19(14-20)16-26-23(29)21-6-3-7-22(15-21)28-13-10-25-24(28)30/h2-7,14-15,18H,8-13,16-17H2,1H3,(H,25,30)(H,26,29). The Hall–Kier alpha value is -2.86. The fourth-order valence-electron chi connectivity index (χ4n) is 4.13. The molecule has 30 heavy (non-hydrogen) atoms. The number of urea groups is 1. The number of likely N-dealkylation sites (tertiary alicyclic amines) is 1. The highest BCUT2D eigenvalue weighted by Gasteiger charge is 2.21. The van der Waals surface area contributed by atoms with Gasteiger partial charge in [-0.15, -0.1) is 0 Å². The largest absolute Gasteiger partial charge is 0.348 e. The third-order valence-electron chi connectivity index (χ3n) is 6.00. The Labute approximate surface area is 178 Å². The summed E-state index contributed by atoms with van der Waals surface area (Å²) in [6.07, 6.45) is 2.54. The van der Waals surface area contributed by atoms with Gasteiger partial charge in [-0.2, -0.15) is 0 Å². The molecule has 2 fully saturated rings. The molecule has 6 heteroatoms. The molecule has 0 bridgehead atoms. The zero-order chi connectivity index (χ0) is 20.9. The van der Waals surface area contributed by atoms with E-state index in [1.165, 1.54) is 18.4 Å². The highest BCUT2D eigenvalue weighted by atomic mass is 16.2. The summed E-state index contributed by atoms with van der Waals surface area (Å²) in [5.41, 5.74) is 3.70. The molecule has 0 radical (unpaired) electrons. The molecule has 2 aliphatic rings. The summed E-state index contributed by atoms with van der Waals surface area (Å²) >= 11 is 0. The number of carbonyl (C=O) groups is 2. The lowest BCUT2D eigenvalue weighted by Gasteiger charge is -2.30. The molecule has 3 amide bonds. The van der Waals surface area contributed by atoms with Gasteiger partial charge in [0, 0.05) is 37.4 Å². The van der Waals surface area contributed by atoms with Crippen molar-refractivity contribution >= 4 is 17.6 Å². The van der Waals surface area contributed by atoms with Crippen LogP contribution in [0.15, 0.2) is 48.5 Å². The van der Waals surface area contributed by atoms with Crippen molar-refractivity contribution in [3.8, 4) is 0 Å². The molecule has 0 spiro atoms. The lowest BCUT2D eigenvalue weighted by Crippen LogP contribution is -2.32. The van der Waals surface area contributed by atoms with Gasteiger partial charge in [-0.3, -0.25) is 14.6 Å². The molecule has 0 aromatic heterocycles. The highest BCUT2D eigenvalue weighted by molar-refractivity contribution is 5.98. The number of nitrogens with one attached hydrogen (secondary N) is 2. The first-order valence-corrected chi connectivity index (χ1v) is 10.8. The summed E-state index contributed by atoms with van der Waals surface area (Å²) < 4.78 is 0. The van der Waals surface area contributed by atoms with Crippen LogP contribution in [-0.2, 0) is 13.1 Å². The van der Waals surface area contributed by atoms with Crippen molar-refractivity contribution in [2.45, 2.75) is 32.9 Å². The average molecular weight is 407 g/mol. The molecule has 2 aliphatic heterocycles. The average Bonchev–Trinajstić information content (AvgIpc) is 3.20. The van der Waals surface area contributed by atoms with E-state index in [-0.39, 0.29) is 11.9 Å². The van der Waals surface area contributed by atoms with Gasteiger partial charge in [0.1, 0.15) is 0 Å². The minimum atomic E-state index is -0.133. The summed E-state index contributed by atoms with van der Waals surface area (Å²) in [5.74, 6) is 0.702. The van der Waals surface area contributed by atoms with Crippen molar-refractivity contribution < 1.29 is 9.59 Å². The van der Waals surface area contributed by atoms with E-state index in [4.69, 9.17) is 0 Å². The van der Waals surface area contributed by atoms with Crippen LogP contribution in [0.25, 0.3) is 0 Å². The second-order valence-electron chi connectivity index (χ2n) is 8.40. The van der Waals surface area contributed by atoms with Crippen molar-refractivity contribution in [2.75, 3.05) is 31.1 Å². The number of hydrogen-bond acceptors (Lipinski definition) is 3. The van der Waals surface area contributed by atoms with Gasteiger partial charge in [0.2, 0.25) is 0 Å². The number of anilines is 1. The molecule has 0 aliphatic carbocycles. The van der Waals surface area contributed by atoms with Gasteiger partial charge in [-0.25, -0.2) is 4.79 Å². The molecule has 6 nitrogen and oxygen atoms in total. The molecule has 0 saturated carbocycles. The number of amides is 3. The topological polar surface area (TPSA) is 64.7 Å². The third kappa shape index (κ3) is 5.00. The molecule has 158 valence electrons. The Morgan fingerprint density at radius 1 is 1.07 bits per heavy atom. The molecule has 4 rings (SSSR count). The van der Waals surface area contributed by atoms with Crippen LogP contribution < -0.4 is 15.5 Å². The number of benzene rings is 2. The van der Waals surface area contributed by atoms with Crippen molar-refractivity contribution in [1.29, 1.82) is 0 Å². The van der Waals surface area contributed by atoms with Crippen LogP contribution in [0.5, 0.6) is 0 Å². The third-order valence-corrected chi connectivity index (χ3v) is 6.00. The predicted octanol–water partition coefficient (Wildman–Crippen LogP) is 3.38. The van der Waals surface area contributed by atoms with Crippen LogP contribution in [0.4, 0.5) is 10.5 Å². The Kier molecular flexibility index (Phi) is 6.33. The van der Waals surface area contributed by atoms with Gasteiger partial charge in [0.05, 0.1) is 0 Å². The van der Waals surface area contributed by atoms with Gasteiger partial charge in [0.15, 0.2) is 0 Å². The van der Waals surface area contributed by atoms with Crippen LogP contribution >= 0.6 is 0 Å². The lowest BCUT2D eigenvalue weighted by atomic mass is 9.98. The minimum absolute atomic E-state index is 0.118. The molecule has 2 saturated heterocycles. The number of carbonyl (C=O) groups excluding carboxylic acids is 2. The number of hydrogen-bond donors (Lipinski definition) is 2. The van der Waals surface area contributed by atoms with E-state index in [1.807, 2.05) is 18.2 Å². The van der Waals surface area contributed by atoms with Crippen molar-refractivity contribution in [2.24, 2.45) is 5.92 Å². The van der Waals surface area contributed by atoms with E-state index in [0.717, 1.165) is 36.8 Å². The van der Waals surface area contributed by atoms with E-state index >= 15 is 0 Å². The van der Waals surface area contributed by atoms with E-state index in [9.17, 15) is 9.59 Å². The minimum Gasteiger partial charge on any atom is -0.348 e. The summed E-state index contributed by atoms with van der Waals surface area (Å²) in [4.78, 5) is 28.7. The van der Waals surface area contributed by atoms with Gasteiger partial charge < -0.3 is 10.6 Å². The number of nitrogens with zero attached hydrogens (tertiary/aromatic N) is 2. The monoisotopic (exact) mass is 406 g/mol. The maximum absolute atomic E-state index is 12.7. The van der Waals surface area contributed by atoms with E-state index in [0.29, 0.717) is 25.2 Å². The van der Waals surface area contributed by atoms with Gasteiger partial charge >= 0.3 is 6.03 Å². The maximum atomic E-state index is 12.7. The van der Waals surface area contributed by atoms with Crippen LogP contribution in [-0.4, -0.2) is 43.0 Å². The Balaban J connectivity index is 1.34. The molecule has 2 heterocycles. The lowest BCUT2D eigenvalue weighted by molar-refractivity contribution is 0.0951. The zero-order valence-electron chi connectivity index (χ0n) is 17.6. The zero-order valence-corrected chi connectivity index (χ0v) is 17.6. The molecule has 2 aromatic carbocycles. The fraction of sp³-hybridized carbons (Fsp3) is 0.417. The quantitative estimate of drug-likeness (QED) is 0.773. The van der Waals surface area contributed by atoms with E-state index < -0.39 is 0 Å². The smallest absolute Gasteiger partial charge is 0.321 e. The SMILES string of the molecule is CC1CCN(Cc2cccc(CNC(=O)c3cccc(N4CCNC4=O)c3)c2)CC1. The molecule has 0 unspecified atom stereocenters. The van der Waals surface area contributed by atoms with Crippen molar-refractivity contribution in [1.82, 2.24) is 15.5 Å². The Bertz CT molecular complexity index is 906. The maximum Gasteiger partial charge on any atom is 0.321 e. The first kappa shape index (κ1) is 20.4. The molecule has 2 aromatic rings. The summed E-state index contributed by atoms with van der Waals surface area (Å²) in [6.45, 7) is 7.35. The summed E-state index contributed by atoms with van der Waals surface area (Å²) in [7, 11) is 0. The molecule has 0 atom stereocenters. The van der Waals surface area contributed by atoms with Gasteiger partial charge in [-0.05, 0) is 61.2 Å². The second-order valence-corrected chi connectivity index (χ2v) is 8.40. The number of piperidine rings is 1. The first-order chi connectivity index (χ1) is 14.6. The van der Waals surface area contributed by atoms with Crippen LogP contribution in [0.2, 0.25) is 0 Å². The van der Waals surface area contributed by atoms with Crippen molar-refractivity contribution in [3.05, 3.63) is 65.2 Å². The Morgan fingerprint density at radius 3 is 2.60 bits per heavy atom. The Morgan fingerprint density at radius 2 is 1.83 bits per heavy atom. The highest BCUT2D eigenvalue weighted by Crippen LogP contribution is 2.20. The van der Waals surface area contributed by atoms with Gasteiger partial charge in [-0.1, -0.05) is 37.3 Å². The van der Waals surface area contributed by atoms with Gasteiger partial charge in [0.25, 0.3) is 5.91 Å². The fourth-order valence-corrected chi connectivity index (χ4v) is 4.13. The normalized spacial score (nSPS) is 17.8. The second kappa shape index (κ2) is 9.30. The molecular weight excluding hydrogens is 376 g/mol. The first-order valence-electron chi connectivity index (χ1n) is 10.8. The molecular formula is C24H30N4O2. The van der Waals surface area contributed by atoms with Crippen LogP contribution in [0, 0.1) is 5.92 Å². The van der Waals surface area contributed by atoms with E-state index in [2.05, 4.69) is 40.7 Å². The summed E-state index contributed by atoms with van der Waals surface area (Å²) in [5, 5.41) is 5.79. The number of rotatable bonds is 6.